The van der Waals surface area contributed by atoms with Crippen LogP contribution in [0.4, 0.5) is 5.69 Å². The number of rotatable bonds is 5. The summed E-state index contributed by atoms with van der Waals surface area (Å²) in [4.78, 5) is 16.5. The molecule has 6 heteroatoms. The third-order valence-electron chi connectivity index (χ3n) is 4.96. The largest absolute Gasteiger partial charge is 0.495 e. The number of amides is 1. The summed E-state index contributed by atoms with van der Waals surface area (Å²) in [5.74, 6) is 0.510. The molecule has 1 unspecified atom stereocenters. The normalized spacial score (nSPS) is 16.4. The van der Waals surface area contributed by atoms with Gasteiger partial charge in [0, 0.05) is 16.4 Å². The average molecular weight is 413 g/mol. The van der Waals surface area contributed by atoms with Crippen molar-refractivity contribution in [2.24, 2.45) is 0 Å². The Morgan fingerprint density at radius 3 is 2.86 bits per heavy atom. The number of methoxy groups -OCH3 is 1. The maximum absolute atomic E-state index is 12.8. The summed E-state index contributed by atoms with van der Waals surface area (Å²) >= 11 is 7.88. The second-order valence-corrected chi connectivity index (χ2v) is 8.16. The van der Waals surface area contributed by atoms with E-state index in [0.29, 0.717) is 23.0 Å². The molecule has 0 saturated carbocycles. The Morgan fingerprint density at radius 2 is 2.07 bits per heavy atom. The van der Waals surface area contributed by atoms with Gasteiger partial charge in [-0.1, -0.05) is 41.9 Å². The quantitative estimate of drug-likeness (QED) is 0.641. The van der Waals surface area contributed by atoms with Crippen molar-refractivity contribution >= 4 is 34.5 Å². The first-order chi connectivity index (χ1) is 13.7. The maximum atomic E-state index is 12.8. The first-order valence-corrected chi connectivity index (χ1v) is 10.4. The third-order valence-corrected chi connectivity index (χ3v) is 6.19. The Labute approximate surface area is 173 Å². The van der Waals surface area contributed by atoms with Crippen LogP contribution in [-0.2, 0) is 11.2 Å². The van der Waals surface area contributed by atoms with Gasteiger partial charge in [0.2, 0.25) is 5.91 Å². The fourth-order valence-corrected chi connectivity index (χ4v) is 4.79. The molecule has 28 heavy (non-hydrogen) atoms. The molecule has 4 rings (SSSR count). The second kappa shape index (κ2) is 8.35. The Balaban J connectivity index is 1.57. The van der Waals surface area contributed by atoms with Gasteiger partial charge in [-0.3, -0.25) is 9.69 Å². The zero-order chi connectivity index (χ0) is 19.5. The summed E-state index contributed by atoms with van der Waals surface area (Å²) in [6.07, 6.45) is 0.962. The molecule has 1 N–H and O–H groups in total. The summed E-state index contributed by atoms with van der Waals surface area (Å²) in [6, 6.07) is 17.8. The zero-order valence-electron chi connectivity index (χ0n) is 15.5. The number of thiophene rings is 1. The van der Waals surface area contributed by atoms with Crippen LogP contribution in [0.2, 0.25) is 5.02 Å². The van der Waals surface area contributed by atoms with Gasteiger partial charge >= 0.3 is 0 Å². The highest BCUT2D eigenvalue weighted by molar-refractivity contribution is 7.10. The molecule has 144 valence electrons. The van der Waals surface area contributed by atoms with E-state index in [4.69, 9.17) is 16.3 Å². The maximum Gasteiger partial charge on any atom is 0.238 e. The Kier molecular flexibility index (Phi) is 5.67. The number of hydrogen-bond acceptors (Lipinski definition) is 4. The highest BCUT2D eigenvalue weighted by atomic mass is 35.5. The number of ether oxygens (including phenoxy) is 1. The molecule has 1 aliphatic heterocycles. The SMILES string of the molecule is COc1ccc(Cl)cc1NC(=O)CN1CCc2sccc2C1c1ccccc1. The van der Waals surface area contributed by atoms with Gasteiger partial charge in [-0.05, 0) is 47.2 Å². The van der Waals surface area contributed by atoms with Gasteiger partial charge in [-0.15, -0.1) is 11.3 Å². The van der Waals surface area contributed by atoms with E-state index < -0.39 is 0 Å². The van der Waals surface area contributed by atoms with E-state index in [-0.39, 0.29) is 11.9 Å². The monoisotopic (exact) mass is 412 g/mol. The smallest absolute Gasteiger partial charge is 0.238 e. The Hall–Kier alpha value is -2.34. The Morgan fingerprint density at radius 1 is 1.25 bits per heavy atom. The van der Waals surface area contributed by atoms with E-state index in [1.807, 2.05) is 18.2 Å². The molecular formula is C22H21ClN2O2S. The second-order valence-electron chi connectivity index (χ2n) is 6.73. The number of carbonyl (C=O) groups is 1. The summed E-state index contributed by atoms with van der Waals surface area (Å²) in [7, 11) is 1.58. The van der Waals surface area contributed by atoms with Gasteiger partial charge in [0.1, 0.15) is 5.75 Å². The van der Waals surface area contributed by atoms with Crippen LogP contribution < -0.4 is 10.1 Å². The van der Waals surface area contributed by atoms with Crippen molar-refractivity contribution in [2.75, 3.05) is 25.5 Å². The zero-order valence-corrected chi connectivity index (χ0v) is 17.1. The number of nitrogens with zero attached hydrogens (tertiary/aromatic N) is 1. The fraction of sp³-hybridized carbons (Fsp3) is 0.227. The molecule has 1 atom stereocenters. The first-order valence-electron chi connectivity index (χ1n) is 9.14. The van der Waals surface area contributed by atoms with Gasteiger partial charge in [0.05, 0.1) is 25.4 Å². The Bertz CT molecular complexity index is 974. The van der Waals surface area contributed by atoms with Crippen LogP contribution in [0.5, 0.6) is 5.75 Å². The number of halogens is 1. The predicted octanol–water partition coefficient (Wildman–Crippen LogP) is 5.00. The minimum Gasteiger partial charge on any atom is -0.495 e. The molecule has 3 aromatic rings. The van der Waals surface area contributed by atoms with Crippen LogP contribution in [0, 0.1) is 0 Å². The molecule has 1 aromatic heterocycles. The number of carbonyl (C=O) groups excluding carboxylic acids is 1. The lowest BCUT2D eigenvalue weighted by molar-refractivity contribution is -0.117. The number of benzene rings is 2. The van der Waals surface area contributed by atoms with Crippen LogP contribution in [0.3, 0.4) is 0 Å². The molecule has 0 radical (unpaired) electrons. The van der Waals surface area contributed by atoms with Gasteiger partial charge in [-0.25, -0.2) is 0 Å². The predicted molar refractivity (Wildman–Crippen MR) is 115 cm³/mol. The van der Waals surface area contributed by atoms with Crippen LogP contribution in [0.15, 0.2) is 60.0 Å². The van der Waals surface area contributed by atoms with E-state index in [0.717, 1.165) is 13.0 Å². The van der Waals surface area contributed by atoms with E-state index in [2.05, 4.69) is 33.8 Å². The van der Waals surface area contributed by atoms with Crippen molar-refractivity contribution in [3.63, 3.8) is 0 Å². The van der Waals surface area contributed by atoms with Crippen LogP contribution in [-0.4, -0.2) is 31.0 Å². The van der Waals surface area contributed by atoms with E-state index in [9.17, 15) is 4.79 Å². The van der Waals surface area contributed by atoms with Gasteiger partial charge < -0.3 is 10.1 Å². The minimum atomic E-state index is -0.0832. The lowest BCUT2D eigenvalue weighted by Crippen LogP contribution is -2.40. The first kappa shape index (κ1) is 19.0. The minimum absolute atomic E-state index is 0.0832. The molecule has 2 heterocycles. The number of hydrogen-bond donors (Lipinski definition) is 1. The highest BCUT2D eigenvalue weighted by Gasteiger charge is 2.30. The topological polar surface area (TPSA) is 41.6 Å². The number of anilines is 1. The average Bonchev–Trinajstić information content (AvgIpc) is 3.17. The van der Waals surface area contributed by atoms with E-state index in [1.165, 1.54) is 16.0 Å². The van der Waals surface area contributed by atoms with Gasteiger partial charge in [0.25, 0.3) is 0 Å². The molecule has 4 nitrogen and oxygen atoms in total. The summed E-state index contributed by atoms with van der Waals surface area (Å²) in [6.45, 7) is 1.14. The molecule has 2 aromatic carbocycles. The molecule has 1 aliphatic rings. The molecule has 0 fully saturated rings. The van der Waals surface area contributed by atoms with Gasteiger partial charge in [-0.2, -0.15) is 0 Å². The van der Waals surface area contributed by atoms with Crippen molar-refractivity contribution in [1.29, 1.82) is 0 Å². The van der Waals surface area contributed by atoms with Crippen molar-refractivity contribution < 1.29 is 9.53 Å². The molecule has 1 amide bonds. The summed E-state index contributed by atoms with van der Waals surface area (Å²) in [5, 5.41) is 5.65. The number of nitrogens with one attached hydrogen (secondary N) is 1. The molecular weight excluding hydrogens is 392 g/mol. The van der Waals surface area contributed by atoms with Crippen molar-refractivity contribution in [3.05, 3.63) is 81.0 Å². The number of fused-ring (bicyclic) bond motifs is 1. The van der Waals surface area contributed by atoms with Crippen molar-refractivity contribution in [2.45, 2.75) is 12.5 Å². The molecule has 0 bridgehead atoms. The summed E-state index contributed by atoms with van der Waals surface area (Å²) < 4.78 is 5.33. The standard InChI is InChI=1S/C22H21ClN2O2S/c1-27-19-8-7-16(23)13-18(19)24-21(26)14-25-11-9-20-17(10-12-28-20)22(25)15-5-3-2-4-6-15/h2-8,10,12-13,22H,9,11,14H2,1H3,(H,24,26). The van der Waals surface area contributed by atoms with E-state index >= 15 is 0 Å². The molecule has 0 aliphatic carbocycles. The van der Waals surface area contributed by atoms with Crippen LogP contribution in [0.1, 0.15) is 22.0 Å². The van der Waals surface area contributed by atoms with Crippen LogP contribution >= 0.6 is 22.9 Å². The lowest BCUT2D eigenvalue weighted by atomic mass is 9.93. The fourth-order valence-electron chi connectivity index (χ4n) is 3.72. The van der Waals surface area contributed by atoms with Crippen molar-refractivity contribution in [1.82, 2.24) is 4.90 Å². The molecule has 0 saturated heterocycles. The lowest BCUT2D eigenvalue weighted by Gasteiger charge is -2.35. The third kappa shape index (κ3) is 3.92. The highest BCUT2D eigenvalue weighted by Crippen LogP contribution is 2.37. The van der Waals surface area contributed by atoms with Gasteiger partial charge in [0.15, 0.2) is 0 Å². The van der Waals surface area contributed by atoms with Crippen molar-refractivity contribution in [3.8, 4) is 5.75 Å². The van der Waals surface area contributed by atoms with E-state index in [1.54, 1.807) is 36.6 Å². The summed E-state index contributed by atoms with van der Waals surface area (Å²) in [5.41, 5.74) is 3.09. The molecule has 0 spiro atoms. The van der Waals surface area contributed by atoms with Crippen LogP contribution in [0.25, 0.3) is 0 Å².